The standard InChI is InChI=1S/C17H23N3O3S/c1-20(14-4-2-12(10-21)3-5-14)16(22)7-6-15-18-17(19-23-15)13-8-9-24-11-13/h8-9,11-12,14,21H,2-7,10H2,1H3. The van der Waals surface area contributed by atoms with Crippen LogP contribution in [0.3, 0.4) is 0 Å². The van der Waals surface area contributed by atoms with Crippen molar-refractivity contribution < 1.29 is 14.4 Å². The fraction of sp³-hybridized carbons (Fsp3) is 0.588. The van der Waals surface area contributed by atoms with E-state index in [0.29, 0.717) is 30.5 Å². The normalized spacial score (nSPS) is 20.9. The molecule has 1 saturated carbocycles. The maximum atomic E-state index is 12.4. The van der Waals surface area contributed by atoms with Crippen LogP contribution in [0.1, 0.15) is 38.0 Å². The Morgan fingerprint density at radius 3 is 2.88 bits per heavy atom. The van der Waals surface area contributed by atoms with Gasteiger partial charge in [-0.05, 0) is 43.0 Å². The molecule has 0 radical (unpaired) electrons. The molecule has 0 aromatic carbocycles. The summed E-state index contributed by atoms with van der Waals surface area (Å²) in [6.07, 6.45) is 4.76. The zero-order chi connectivity index (χ0) is 16.9. The molecular weight excluding hydrogens is 326 g/mol. The van der Waals surface area contributed by atoms with Crippen LogP contribution < -0.4 is 0 Å². The number of aryl methyl sites for hydroxylation is 1. The second kappa shape index (κ2) is 7.90. The van der Waals surface area contributed by atoms with Crippen LogP contribution in [-0.4, -0.2) is 45.8 Å². The third kappa shape index (κ3) is 4.02. The molecule has 2 aromatic heterocycles. The molecule has 0 saturated heterocycles. The van der Waals surface area contributed by atoms with Gasteiger partial charge in [-0.3, -0.25) is 4.79 Å². The fourth-order valence-electron chi connectivity index (χ4n) is 3.17. The molecule has 0 aliphatic heterocycles. The van der Waals surface area contributed by atoms with E-state index in [1.807, 2.05) is 28.8 Å². The Morgan fingerprint density at radius 2 is 2.21 bits per heavy atom. The summed E-state index contributed by atoms with van der Waals surface area (Å²) < 4.78 is 5.24. The number of aliphatic hydroxyl groups excluding tert-OH is 1. The van der Waals surface area contributed by atoms with E-state index in [9.17, 15) is 9.90 Å². The molecule has 1 aliphatic rings. The Balaban J connectivity index is 1.48. The lowest BCUT2D eigenvalue weighted by molar-refractivity contribution is -0.132. The fourth-order valence-corrected chi connectivity index (χ4v) is 3.81. The van der Waals surface area contributed by atoms with Crippen LogP contribution in [0.2, 0.25) is 0 Å². The quantitative estimate of drug-likeness (QED) is 0.867. The van der Waals surface area contributed by atoms with Crippen LogP contribution >= 0.6 is 11.3 Å². The number of aliphatic hydroxyl groups is 1. The molecule has 7 heteroatoms. The van der Waals surface area contributed by atoms with Gasteiger partial charge in [-0.25, -0.2) is 0 Å². The summed E-state index contributed by atoms with van der Waals surface area (Å²) in [6, 6.07) is 2.23. The Morgan fingerprint density at radius 1 is 1.42 bits per heavy atom. The topological polar surface area (TPSA) is 79.5 Å². The highest BCUT2D eigenvalue weighted by Gasteiger charge is 2.26. The lowest BCUT2D eigenvalue weighted by Gasteiger charge is -2.34. The minimum Gasteiger partial charge on any atom is -0.396 e. The van der Waals surface area contributed by atoms with Gasteiger partial charge in [-0.2, -0.15) is 16.3 Å². The third-order valence-corrected chi connectivity index (χ3v) is 5.50. The van der Waals surface area contributed by atoms with Gasteiger partial charge >= 0.3 is 0 Å². The molecule has 0 bridgehead atoms. The molecule has 2 heterocycles. The summed E-state index contributed by atoms with van der Waals surface area (Å²) in [4.78, 5) is 18.6. The van der Waals surface area contributed by atoms with Crippen molar-refractivity contribution in [2.24, 2.45) is 5.92 Å². The predicted octanol–water partition coefficient (Wildman–Crippen LogP) is 2.74. The highest BCUT2D eigenvalue weighted by atomic mass is 32.1. The first kappa shape index (κ1) is 17.1. The number of carbonyl (C=O) groups is 1. The van der Waals surface area contributed by atoms with Crippen LogP contribution in [0.5, 0.6) is 0 Å². The lowest BCUT2D eigenvalue weighted by atomic mass is 9.86. The lowest BCUT2D eigenvalue weighted by Crippen LogP contribution is -2.39. The Hall–Kier alpha value is -1.73. The summed E-state index contributed by atoms with van der Waals surface area (Å²) in [5.74, 6) is 1.59. The molecule has 0 unspecified atom stereocenters. The smallest absolute Gasteiger partial charge is 0.227 e. The minimum atomic E-state index is 0.109. The number of hydrogen-bond acceptors (Lipinski definition) is 6. The predicted molar refractivity (Wildman–Crippen MR) is 91.5 cm³/mol. The van der Waals surface area contributed by atoms with E-state index in [1.54, 1.807) is 11.3 Å². The van der Waals surface area contributed by atoms with Gasteiger partial charge in [0.15, 0.2) is 0 Å². The third-order valence-electron chi connectivity index (χ3n) is 4.82. The molecule has 24 heavy (non-hydrogen) atoms. The summed E-state index contributed by atoms with van der Waals surface area (Å²) in [6.45, 7) is 0.258. The van der Waals surface area contributed by atoms with Gasteiger partial charge in [-0.15, -0.1) is 0 Å². The average Bonchev–Trinajstić information content (AvgIpc) is 3.30. The SMILES string of the molecule is CN(C(=O)CCc1nc(-c2ccsc2)no1)C1CCC(CO)CC1. The van der Waals surface area contributed by atoms with E-state index in [4.69, 9.17) is 4.52 Å². The van der Waals surface area contributed by atoms with Crippen LogP contribution in [0, 0.1) is 5.92 Å². The van der Waals surface area contributed by atoms with Crippen LogP contribution in [-0.2, 0) is 11.2 Å². The minimum absolute atomic E-state index is 0.109. The largest absolute Gasteiger partial charge is 0.396 e. The molecule has 130 valence electrons. The first-order valence-electron chi connectivity index (χ1n) is 8.39. The number of aromatic nitrogens is 2. The molecule has 2 aromatic rings. The van der Waals surface area contributed by atoms with Crippen LogP contribution in [0.15, 0.2) is 21.3 Å². The van der Waals surface area contributed by atoms with Crippen molar-refractivity contribution in [3.63, 3.8) is 0 Å². The van der Waals surface area contributed by atoms with Gasteiger partial charge in [0.1, 0.15) is 0 Å². The average molecular weight is 349 g/mol. The van der Waals surface area contributed by atoms with Gasteiger partial charge in [0.25, 0.3) is 0 Å². The number of thiophene rings is 1. The zero-order valence-electron chi connectivity index (χ0n) is 13.9. The first-order valence-corrected chi connectivity index (χ1v) is 9.33. The van der Waals surface area contributed by atoms with Gasteiger partial charge in [0, 0.05) is 43.5 Å². The Bertz CT molecular complexity index is 648. The van der Waals surface area contributed by atoms with Gasteiger partial charge in [0.2, 0.25) is 17.6 Å². The number of nitrogens with zero attached hydrogens (tertiary/aromatic N) is 3. The summed E-state index contributed by atoms with van der Waals surface area (Å²) in [5, 5.41) is 17.1. The van der Waals surface area contributed by atoms with Gasteiger partial charge < -0.3 is 14.5 Å². The monoisotopic (exact) mass is 349 g/mol. The van der Waals surface area contributed by atoms with Crippen molar-refractivity contribution in [2.75, 3.05) is 13.7 Å². The maximum Gasteiger partial charge on any atom is 0.227 e. The molecule has 1 fully saturated rings. The zero-order valence-corrected chi connectivity index (χ0v) is 14.7. The highest BCUT2D eigenvalue weighted by molar-refractivity contribution is 7.08. The van der Waals surface area contributed by atoms with Crippen LogP contribution in [0.25, 0.3) is 11.4 Å². The number of carbonyl (C=O) groups excluding carboxylic acids is 1. The number of rotatable bonds is 6. The molecule has 0 spiro atoms. The van der Waals surface area contributed by atoms with Crippen molar-refractivity contribution in [1.29, 1.82) is 0 Å². The van der Waals surface area contributed by atoms with Crippen molar-refractivity contribution in [3.8, 4) is 11.4 Å². The highest BCUT2D eigenvalue weighted by Crippen LogP contribution is 2.27. The summed E-state index contributed by atoms with van der Waals surface area (Å²) in [7, 11) is 1.87. The number of amides is 1. The molecule has 3 rings (SSSR count). The van der Waals surface area contributed by atoms with Gasteiger partial charge in [0.05, 0.1) is 0 Å². The van der Waals surface area contributed by atoms with Crippen LogP contribution in [0.4, 0.5) is 0 Å². The van der Waals surface area contributed by atoms with E-state index in [2.05, 4.69) is 10.1 Å². The molecule has 0 atom stereocenters. The van der Waals surface area contributed by atoms with Crippen molar-refractivity contribution in [1.82, 2.24) is 15.0 Å². The molecule has 6 nitrogen and oxygen atoms in total. The number of hydrogen-bond donors (Lipinski definition) is 1. The van der Waals surface area contributed by atoms with E-state index < -0.39 is 0 Å². The molecule has 1 amide bonds. The van der Waals surface area contributed by atoms with E-state index in [1.165, 1.54) is 0 Å². The van der Waals surface area contributed by atoms with Crippen molar-refractivity contribution in [3.05, 3.63) is 22.7 Å². The second-order valence-corrected chi connectivity index (χ2v) is 7.17. The Labute approximate surface area is 145 Å². The Kier molecular flexibility index (Phi) is 5.63. The van der Waals surface area contributed by atoms with E-state index >= 15 is 0 Å². The first-order chi connectivity index (χ1) is 11.7. The van der Waals surface area contributed by atoms with E-state index in [0.717, 1.165) is 31.2 Å². The van der Waals surface area contributed by atoms with Crippen molar-refractivity contribution in [2.45, 2.75) is 44.6 Å². The summed E-state index contributed by atoms with van der Waals surface area (Å²) >= 11 is 1.59. The molecule has 1 N–H and O–H groups in total. The van der Waals surface area contributed by atoms with Gasteiger partial charge in [-0.1, -0.05) is 5.16 Å². The van der Waals surface area contributed by atoms with E-state index in [-0.39, 0.29) is 18.6 Å². The maximum absolute atomic E-state index is 12.4. The van der Waals surface area contributed by atoms with Crippen molar-refractivity contribution >= 4 is 17.2 Å². The molecular formula is C17H23N3O3S. The molecule has 1 aliphatic carbocycles. The second-order valence-electron chi connectivity index (χ2n) is 6.39. The summed E-state index contributed by atoms with van der Waals surface area (Å²) in [5.41, 5.74) is 0.944.